The van der Waals surface area contributed by atoms with E-state index >= 15 is 0 Å². The van der Waals surface area contributed by atoms with Crippen LogP contribution in [-0.4, -0.2) is 18.6 Å². The minimum Gasteiger partial charge on any atom is -0.321 e. The summed E-state index contributed by atoms with van der Waals surface area (Å²) in [7, 11) is 4.61. The van der Waals surface area contributed by atoms with Crippen LogP contribution in [0.25, 0.3) is 0 Å². The molecule has 0 aliphatic heterocycles. The molecule has 0 saturated carbocycles. The van der Waals surface area contributed by atoms with Gasteiger partial charge in [-0.25, -0.2) is 0 Å². The first-order valence-corrected chi connectivity index (χ1v) is 9.58. The van der Waals surface area contributed by atoms with Gasteiger partial charge in [0.1, 0.15) is 13.1 Å². The quantitative estimate of drug-likeness (QED) is 0.293. The number of quaternary nitrogens is 1. The fraction of sp³-hybridized carbons (Fsp3) is 0.417. The number of hydrogen-bond acceptors (Lipinski definition) is 0. The zero-order valence-electron chi connectivity index (χ0n) is 16.5. The lowest BCUT2D eigenvalue weighted by Gasteiger charge is -2.30. The summed E-state index contributed by atoms with van der Waals surface area (Å²) in [6.45, 7) is 6.62. The van der Waals surface area contributed by atoms with Crippen LogP contribution in [0, 0.1) is 0 Å². The van der Waals surface area contributed by atoms with Crippen molar-refractivity contribution in [1.29, 1.82) is 0 Å². The van der Waals surface area contributed by atoms with Crippen LogP contribution in [0.15, 0.2) is 66.2 Å². The van der Waals surface area contributed by atoms with Crippen molar-refractivity contribution in [1.82, 2.24) is 0 Å². The molecule has 2 rings (SSSR count). The zero-order valence-corrected chi connectivity index (χ0v) is 16.5. The summed E-state index contributed by atoms with van der Waals surface area (Å²) in [5.74, 6) is 0. The minimum absolute atomic E-state index is 0.972. The van der Waals surface area contributed by atoms with E-state index in [9.17, 15) is 0 Å². The third kappa shape index (κ3) is 7.27. The average Bonchev–Trinajstić information content (AvgIpc) is 2.57. The van der Waals surface area contributed by atoms with Crippen molar-refractivity contribution in [3.8, 4) is 0 Å². The normalized spacial score (nSPS) is 12.4. The van der Waals surface area contributed by atoms with Gasteiger partial charge in [-0.15, -0.1) is 0 Å². The molecule has 0 spiro atoms. The zero-order chi connectivity index (χ0) is 18.1. The summed E-state index contributed by atoms with van der Waals surface area (Å²) in [4.78, 5) is 0. The van der Waals surface area contributed by atoms with Gasteiger partial charge in [0.15, 0.2) is 0 Å². The van der Waals surface area contributed by atoms with Gasteiger partial charge in [0.25, 0.3) is 0 Å². The monoisotopic (exact) mass is 336 g/mol. The highest BCUT2D eigenvalue weighted by molar-refractivity contribution is 5.25. The fourth-order valence-electron chi connectivity index (χ4n) is 3.34. The van der Waals surface area contributed by atoms with Crippen molar-refractivity contribution in [3.63, 3.8) is 0 Å². The molecule has 0 aliphatic rings. The molecule has 2 aromatic carbocycles. The predicted molar refractivity (Wildman–Crippen MR) is 109 cm³/mol. The van der Waals surface area contributed by atoms with E-state index in [2.05, 4.69) is 88.6 Å². The van der Waals surface area contributed by atoms with Gasteiger partial charge in [-0.05, 0) is 25.3 Å². The summed E-state index contributed by atoms with van der Waals surface area (Å²) in [6, 6.07) is 20.0. The highest BCUT2D eigenvalue weighted by Gasteiger charge is 2.16. The first-order valence-electron chi connectivity index (χ1n) is 9.58. The van der Waals surface area contributed by atoms with Gasteiger partial charge in [0, 0.05) is 11.1 Å². The molecule has 0 amide bonds. The van der Waals surface area contributed by atoms with Crippen LogP contribution >= 0.6 is 0 Å². The van der Waals surface area contributed by atoms with E-state index in [1.54, 1.807) is 0 Å². The maximum absolute atomic E-state index is 2.40. The number of hydrogen-bond donors (Lipinski definition) is 0. The first-order chi connectivity index (χ1) is 12.0. The topological polar surface area (TPSA) is 0 Å². The second-order valence-electron chi connectivity index (χ2n) is 7.92. The van der Waals surface area contributed by atoms with E-state index in [-0.39, 0.29) is 0 Å². The van der Waals surface area contributed by atoms with Crippen molar-refractivity contribution in [2.24, 2.45) is 0 Å². The molecule has 25 heavy (non-hydrogen) atoms. The maximum Gasteiger partial charge on any atom is 0.104 e. The molecule has 0 fully saturated rings. The van der Waals surface area contributed by atoms with Gasteiger partial charge in [-0.3, -0.25) is 0 Å². The molecule has 0 unspecified atom stereocenters. The molecule has 0 aliphatic carbocycles. The van der Waals surface area contributed by atoms with Crippen LogP contribution in [0.3, 0.4) is 0 Å². The lowest BCUT2D eigenvalue weighted by molar-refractivity contribution is -0.916. The predicted octanol–water partition coefficient (Wildman–Crippen LogP) is 6.14. The van der Waals surface area contributed by atoms with E-state index in [4.69, 9.17) is 0 Å². The second kappa shape index (κ2) is 9.58. The van der Waals surface area contributed by atoms with Gasteiger partial charge in [0.2, 0.25) is 0 Å². The Kier molecular flexibility index (Phi) is 7.46. The number of unbranched alkanes of at least 4 members (excludes halogenated alkanes) is 2. The molecule has 1 nitrogen and oxygen atoms in total. The summed E-state index contributed by atoms with van der Waals surface area (Å²) >= 11 is 0. The van der Waals surface area contributed by atoms with Crippen molar-refractivity contribution < 1.29 is 4.48 Å². The highest BCUT2D eigenvalue weighted by atomic mass is 15.3. The van der Waals surface area contributed by atoms with E-state index in [1.165, 1.54) is 41.5 Å². The van der Waals surface area contributed by atoms with Gasteiger partial charge < -0.3 is 4.48 Å². The lowest BCUT2D eigenvalue weighted by Crippen LogP contribution is -2.37. The minimum atomic E-state index is 0.972. The highest BCUT2D eigenvalue weighted by Crippen LogP contribution is 2.17. The Morgan fingerprint density at radius 2 is 1.40 bits per heavy atom. The summed E-state index contributed by atoms with van der Waals surface area (Å²) in [5.41, 5.74) is 5.72. The van der Waals surface area contributed by atoms with E-state index < -0.39 is 0 Å². The summed E-state index contributed by atoms with van der Waals surface area (Å²) in [5, 5.41) is 0. The largest absolute Gasteiger partial charge is 0.321 e. The van der Waals surface area contributed by atoms with Crippen LogP contribution in [0.1, 0.15) is 49.8 Å². The van der Waals surface area contributed by atoms with E-state index in [1.807, 2.05) is 0 Å². The molecule has 0 aromatic heterocycles. The standard InChI is InChI=1S/C24H34N/c1-5-6-8-11-21(2)18-22-14-16-24(17-15-22)20-25(3,4)19-23-12-9-7-10-13-23/h7,9-17H,5-6,8,18-20H2,1-4H3/q+1/b21-11+. The Balaban J connectivity index is 1.92. The third-order valence-corrected chi connectivity index (χ3v) is 4.62. The number of nitrogens with zero attached hydrogens (tertiary/aromatic N) is 1. The Morgan fingerprint density at radius 3 is 2.00 bits per heavy atom. The molecule has 0 heterocycles. The van der Waals surface area contributed by atoms with Crippen LogP contribution in [0.2, 0.25) is 0 Å². The van der Waals surface area contributed by atoms with Crippen molar-refractivity contribution >= 4 is 0 Å². The number of benzene rings is 2. The molecule has 0 N–H and O–H groups in total. The second-order valence-corrected chi connectivity index (χ2v) is 7.92. The molecule has 0 saturated heterocycles. The number of allylic oxidation sites excluding steroid dienone is 2. The molecular formula is C24H34N+. The molecule has 2 aromatic rings. The molecule has 134 valence electrons. The smallest absolute Gasteiger partial charge is 0.104 e. The van der Waals surface area contributed by atoms with Crippen LogP contribution in [0.4, 0.5) is 0 Å². The molecule has 1 heteroatoms. The van der Waals surface area contributed by atoms with Crippen molar-refractivity contribution in [2.75, 3.05) is 14.1 Å². The van der Waals surface area contributed by atoms with Crippen LogP contribution in [-0.2, 0) is 19.5 Å². The summed E-state index contributed by atoms with van der Waals surface area (Å²) < 4.78 is 0.972. The Morgan fingerprint density at radius 1 is 0.840 bits per heavy atom. The van der Waals surface area contributed by atoms with Crippen molar-refractivity contribution in [2.45, 2.75) is 52.6 Å². The van der Waals surface area contributed by atoms with E-state index in [0.717, 1.165) is 24.0 Å². The number of rotatable bonds is 9. The van der Waals surface area contributed by atoms with E-state index in [0.29, 0.717) is 0 Å². The maximum atomic E-state index is 2.40. The fourth-order valence-corrected chi connectivity index (χ4v) is 3.34. The van der Waals surface area contributed by atoms with Crippen molar-refractivity contribution in [3.05, 3.63) is 82.9 Å². The first kappa shape index (κ1) is 19.5. The summed E-state index contributed by atoms with van der Waals surface area (Å²) in [6.07, 6.45) is 7.26. The van der Waals surface area contributed by atoms with Gasteiger partial charge >= 0.3 is 0 Å². The van der Waals surface area contributed by atoms with Gasteiger partial charge in [-0.2, -0.15) is 0 Å². The van der Waals surface area contributed by atoms with Crippen LogP contribution < -0.4 is 0 Å². The Hall–Kier alpha value is -1.86. The molecule has 0 bridgehead atoms. The van der Waals surface area contributed by atoms with Gasteiger partial charge in [0.05, 0.1) is 14.1 Å². The Labute approximate surface area is 154 Å². The molecule has 0 atom stereocenters. The van der Waals surface area contributed by atoms with Gasteiger partial charge in [-0.1, -0.05) is 86.0 Å². The molecule has 0 radical (unpaired) electrons. The Bertz CT molecular complexity index is 650. The average molecular weight is 337 g/mol. The third-order valence-electron chi connectivity index (χ3n) is 4.62. The SMILES string of the molecule is CCCC/C=C(\C)Cc1ccc(C[N+](C)(C)Cc2ccccc2)cc1. The van der Waals surface area contributed by atoms with Crippen LogP contribution in [0.5, 0.6) is 0 Å². The lowest BCUT2D eigenvalue weighted by atomic mass is 10.0. The molecular weight excluding hydrogens is 302 g/mol.